The first-order chi connectivity index (χ1) is 27.6. The first-order valence-corrected chi connectivity index (χ1v) is 17.8. The van der Waals surface area contributed by atoms with Gasteiger partial charge in [-0.2, -0.15) is 0 Å². The summed E-state index contributed by atoms with van der Waals surface area (Å²) in [6.45, 7) is 3.34. The molecule has 19 nitrogen and oxygen atoms in total. The van der Waals surface area contributed by atoms with E-state index in [0.717, 1.165) is 35.4 Å². The van der Waals surface area contributed by atoms with Crippen LogP contribution in [0.2, 0.25) is 0 Å². The summed E-state index contributed by atoms with van der Waals surface area (Å²) in [6.07, 6.45) is 2.02. The maximum atomic E-state index is 13.6. The number of ether oxygens (including phenoxy) is 4. The van der Waals surface area contributed by atoms with Crippen LogP contribution in [0.4, 0.5) is 22.7 Å². The Morgan fingerprint density at radius 1 is 0.879 bits per heavy atom. The van der Waals surface area contributed by atoms with E-state index in [1.165, 1.54) is 13.2 Å². The van der Waals surface area contributed by atoms with E-state index in [1.807, 2.05) is 18.2 Å². The Balaban J connectivity index is 1.53. The summed E-state index contributed by atoms with van der Waals surface area (Å²) in [5.74, 6) is 2.04. The van der Waals surface area contributed by atoms with Gasteiger partial charge in [0.1, 0.15) is 24.1 Å². The Bertz CT molecular complexity index is 2200. The van der Waals surface area contributed by atoms with Gasteiger partial charge in [-0.3, -0.25) is 45.3 Å². The molecule has 3 aromatic carbocycles. The summed E-state index contributed by atoms with van der Waals surface area (Å²) in [5, 5.41) is 46.1. The Hall–Kier alpha value is -7.23. The number of fused-ring (bicyclic) bond motifs is 3. The standard InChI is InChI=1S/C39H36N4O15/c1-4-5-8-22(2)32(57-38(45)24-15-26(40(47)48)19-27(16-24)41(49)50)14-13-30-33(58-39(46)25-17-28(42(51)52)20-29(18-25)43(53)54)21-34-36(30)31-11-6-9-23(37(31)56-34)10-7-12-35(44)55-3/h6,9,11,13-20,22,30,32-34,36H,7-8,10,12,21H2,1-3H3/b14-13+/t22?,30-,32-,33+,34-,36-/m0/s1. The van der Waals surface area contributed by atoms with Crippen LogP contribution in [0.5, 0.6) is 5.75 Å². The smallest absolute Gasteiger partial charge is 0.339 e. The van der Waals surface area contributed by atoms with Gasteiger partial charge in [0.25, 0.3) is 22.7 Å². The Kier molecular flexibility index (Phi) is 13.1. The van der Waals surface area contributed by atoms with Crippen LogP contribution in [0.15, 0.2) is 66.7 Å². The number of hydrogen-bond acceptors (Lipinski definition) is 15. The molecular weight excluding hydrogens is 764 g/mol. The normalized spacial score (nSPS) is 18.7. The summed E-state index contributed by atoms with van der Waals surface area (Å²) in [5.41, 5.74) is -2.08. The van der Waals surface area contributed by atoms with Crippen LogP contribution in [0.25, 0.3) is 0 Å². The monoisotopic (exact) mass is 800 g/mol. The van der Waals surface area contributed by atoms with Crippen LogP contribution in [-0.2, 0) is 25.4 Å². The molecule has 0 aromatic heterocycles. The number of para-hydroxylation sites is 1. The SMILES string of the molecule is CC#CCC(C)[C@H](/C=C/[C@@H]1[C@H]2c3cccc(CCCC(=O)OC)c3O[C@H]2C[C@H]1OC(=O)c1cc([N+](=O)[O-])cc([N+](=O)[O-])c1)OC(=O)c1cc([N+](=O)[O-])cc([N+](=O)[O-])c1. The molecule has 302 valence electrons. The van der Waals surface area contributed by atoms with Gasteiger partial charge in [-0.15, -0.1) is 11.8 Å². The van der Waals surface area contributed by atoms with E-state index in [-0.39, 0.29) is 25.2 Å². The lowest BCUT2D eigenvalue weighted by molar-refractivity contribution is -0.394. The van der Waals surface area contributed by atoms with Crippen molar-refractivity contribution < 1.29 is 53.0 Å². The van der Waals surface area contributed by atoms with E-state index in [4.69, 9.17) is 18.9 Å². The second-order valence-electron chi connectivity index (χ2n) is 13.6. The third-order valence-corrected chi connectivity index (χ3v) is 9.83. The Morgan fingerprint density at radius 2 is 1.45 bits per heavy atom. The highest BCUT2D eigenvalue weighted by Crippen LogP contribution is 2.53. The number of aryl methyl sites for hydroxylation is 1. The van der Waals surface area contributed by atoms with E-state index in [0.29, 0.717) is 30.7 Å². The van der Waals surface area contributed by atoms with Gasteiger partial charge in [-0.05, 0) is 31.4 Å². The van der Waals surface area contributed by atoms with Gasteiger partial charge in [0.05, 0.1) is 50.1 Å². The first-order valence-electron chi connectivity index (χ1n) is 17.8. The largest absolute Gasteiger partial charge is 0.489 e. The number of nitro benzene ring substituents is 4. The van der Waals surface area contributed by atoms with Crippen LogP contribution in [0.3, 0.4) is 0 Å². The van der Waals surface area contributed by atoms with Crippen molar-refractivity contribution in [2.24, 2.45) is 11.8 Å². The van der Waals surface area contributed by atoms with Crippen LogP contribution in [0.1, 0.15) is 77.3 Å². The van der Waals surface area contributed by atoms with E-state index in [2.05, 4.69) is 11.8 Å². The zero-order valence-electron chi connectivity index (χ0n) is 31.3. The highest BCUT2D eigenvalue weighted by atomic mass is 16.6. The minimum absolute atomic E-state index is 0.109. The molecule has 0 bridgehead atoms. The van der Waals surface area contributed by atoms with Gasteiger partial charge in [-0.25, -0.2) is 9.59 Å². The minimum atomic E-state index is -1.09. The van der Waals surface area contributed by atoms with E-state index >= 15 is 0 Å². The van der Waals surface area contributed by atoms with Crippen molar-refractivity contribution in [2.45, 2.75) is 70.2 Å². The zero-order valence-corrected chi connectivity index (χ0v) is 31.3. The topological polar surface area (TPSA) is 261 Å². The summed E-state index contributed by atoms with van der Waals surface area (Å²) >= 11 is 0. The average molecular weight is 801 g/mol. The molecule has 19 heteroatoms. The molecule has 0 amide bonds. The van der Waals surface area contributed by atoms with Crippen molar-refractivity contribution in [1.82, 2.24) is 0 Å². The Morgan fingerprint density at radius 3 is 1.98 bits per heavy atom. The molecule has 0 N–H and O–H groups in total. The number of nitrogens with zero attached hydrogens (tertiary/aromatic N) is 4. The lowest BCUT2D eigenvalue weighted by Crippen LogP contribution is -2.26. The fraction of sp³-hybridized carbons (Fsp3) is 0.359. The summed E-state index contributed by atoms with van der Waals surface area (Å²) in [7, 11) is 1.30. The molecule has 2 aliphatic rings. The summed E-state index contributed by atoms with van der Waals surface area (Å²) in [6, 6.07) is 10.4. The van der Waals surface area contributed by atoms with Gasteiger partial charge < -0.3 is 18.9 Å². The predicted molar refractivity (Wildman–Crippen MR) is 201 cm³/mol. The van der Waals surface area contributed by atoms with Crippen LogP contribution >= 0.6 is 0 Å². The van der Waals surface area contributed by atoms with Gasteiger partial charge in [0.2, 0.25) is 0 Å². The molecular formula is C39H36N4O15. The van der Waals surface area contributed by atoms with Gasteiger partial charge in [-0.1, -0.05) is 31.2 Å². The molecule has 1 unspecified atom stereocenters. The van der Waals surface area contributed by atoms with Crippen LogP contribution in [-0.4, -0.2) is 63.0 Å². The second-order valence-corrected chi connectivity index (χ2v) is 13.6. The number of methoxy groups -OCH3 is 1. The lowest BCUT2D eigenvalue weighted by atomic mass is 9.85. The first kappa shape index (κ1) is 41.9. The van der Waals surface area contributed by atoms with Crippen molar-refractivity contribution >= 4 is 40.7 Å². The van der Waals surface area contributed by atoms with Gasteiger partial charge in [0.15, 0.2) is 0 Å². The van der Waals surface area contributed by atoms with Gasteiger partial charge >= 0.3 is 17.9 Å². The quantitative estimate of drug-likeness (QED) is 0.0363. The minimum Gasteiger partial charge on any atom is -0.489 e. The molecule has 0 radical (unpaired) electrons. The molecule has 5 rings (SSSR count). The fourth-order valence-corrected chi connectivity index (χ4v) is 7.00. The molecule has 1 saturated carbocycles. The molecule has 0 saturated heterocycles. The Labute approximate surface area is 329 Å². The van der Waals surface area contributed by atoms with Crippen molar-refractivity contribution in [3.8, 4) is 17.6 Å². The average Bonchev–Trinajstić information content (AvgIpc) is 3.73. The molecule has 1 fully saturated rings. The van der Waals surface area contributed by atoms with E-state index < -0.39 is 102 Å². The molecule has 1 heterocycles. The van der Waals surface area contributed by atoms with Crippen molar-refractivity contribution in [3.05, 3.63) is 129 Å². The number of carbonyl (C=O) groups is 3. The lowest BCUT2D eigenvalue weighted by Gasteiger charge is -2.24. The van der Waals surface area contributed by atoms with Crippen molar-refractivity contribution in [2.75, 3.05) is 7.11 Å². The van der Waals surface area contributed by atoms with Gasteiger partial charge in [0, 0.05) is 66.8 Å². The number of esters is 3. The number of rotatable bonds is 16. The maximum absolute atomic E-state index is 13.6. The number of nitro groups is 4. The van der Waals surface area contributed by atoms with E-state index in [1.54, 1.807) is 19.9 Å². The predicted octanol–water partition coefficient (Wildman–Crippen LogP) is 6.74. The molecule has 6 atom stereocenters. The van der Waals surface area contributed by atoms with Crippen molar-refractivity contribution in [1.29, 1.82) is 0 Å². The molecule has 0 spiro atoms. The molecule has 3 aromatic rings. The van der Waals surface area contributed by atoms with Crippen LogP contribution < -0.4 is 4.74 Å². The highest BCUT2D eigenvalue weighted by molar-refractivity contribution is 5.92. The third-order valence-electron chi connectivity index (χ3n) is 9.83. The number of hydrogen-bond donors (Lipinski definition) is 0. The highest BCUT2D eigenvalue weighted by Gasteiger charge is 2.51. The van der Waals surface area contributed by atoms with Crippen LogP contribution in [0, 0.1) is 64.1 Å². The summed E-state index contributed by atoms with van der Waals surface area (Å²) in [4.78, 5) is 81.4. The zero-order chi connectivity index (χ0) is 42.3. The number of carbonyl (C=O) groups excluding carboxylic acids is 3. The number of benzene rings is 3. The second kappa shape index (κ2) is 18.1. The third kappa shape index (κ3) is 9.58. The van der Waals surface area contributed by atoms with Crippen molar-refractivity contribution in [3.63, 3.8) is 0 Å². The number of non-ortho nitro benzene ring substituents is 4. The maximum Gasteiger partial charge on any atom is 0.339 e. The summed E-state index contributed by atoms with van der Waals surface area (Å²) < 4.78 is 22.9. The fourth-order valence-electron chi connectivity index (χ4n) is 7.00. The molecule has 58 heavy (non-hydrogen) atoms. The van der Waals surface area contributed by atoms with E-state index in [9.17, 15) is 54.8 Å². The molecule has 1 aliphatic carbocycles. The molecule has 1 aliphatic heterocycles.